The predicted molar refractivity (Wildman–Crippen MR) is 83.5 cm³/mol. The summed E-state index contributed by atoms with van der Waals surface area (Å²) in [6, 6.07) is 12.3. The molecule has 0 aliphatic carbocycles. The monoisotopic (exact) mass is 288 g/mol. The molecule has 0 amide bonds. The van der Waals surface area contributed by atoms with Crippen LogP contribution in [0.4, 0.5) is 0 Å². The van der Waals surface area contributed by atoms with E-state index in [0.717, 1.165) is 18.6 Å². The second-order valence-electron chi connectivity index (χ2n) is 4.86. The summed E-state index contributed by atoms with van der Waals surface area (Å²) in [5, 5.41) is 0. The molecule has 0 radical (unpaired) electrons. The lowest BCUT2D eigenvalue weighted by Gasteiger charge is -2.06. The van der Waals surface area contributed by atoms with Gasteiger partial charge in [-0.1, -0.05) is 19.1 Å². The van der Waals surface area contributed by atoms with Gasteiger partial charge < -0.3 is 9.53 Å². The first-order chi connectivity index (χ1) is 9.67. The van der Waals surface area contributed by atoms with Crippen LogP contribution in [0.3, 0.4) is 0 Å². The van der Waals surface area contributed by atoms with Gasteiger partial charge in [0, 0.05) is 16.2 Å². The molecule has 1 aromatic heterocycles. The van der Waals surface area contributed by atoms with Crippen molar-refractivity contribution in [3.63, 3.8) is 0 Å². The Morgan fingerprint density at radius 1 is 1.10 bits per heavy atom. The van der Waals surface area contributed by atoms with Crippen molar-refractivity contribution in [1.29, 1.82) is 0 Å². The molecule has 0 aliphatic rings. The van der Waals surface area contributed by atoms with Gasteiger partial charge >= 0.3 is 0 Å². The molecule has 0 atom stereocenters. The van der Waals surface area contributed by atoms with E-state index >= 15 is 0 Å². The van der Waals surface area contributed by atoms with Crippen LogP contribution < -0.4 is 4.74 Å². The normalized spacial score (nSPS) is 10.5. The number of thiophene rings is 1. The van der Waals surface area contributed by atoms with E-state index in [9.17, 15) is 4.79 Å². The molecule has 0 spiro atoms. The molecule has 2 aromatic rings. The van der Waals surface area contributed by atoms with Crippen LogP contribution in [0.1, 0.15) is 35.6 Å². The second-order valence-corrected chi connectivity index (χ2v) is 6.11. The summed E-state index contributed by atoms with van der Waals surface area (Å²) >= 11 is 1.80. The molecule has 0 fully saturated rings. The molecule has 0 saturated heterocycles. The van der Waals surface area contributed by atoms with Gasteiger partial charge in [0.1, 0.15) is 18.1 Å². The van der Waals surface area contributed by atoms with Crippen molar-refractivity contribution in [3.05, 3.63) is 51.7 Å². The van der Waals surface area contributed by atoms with Crippen LogP contribution in [0.2, 0.25) is 0 Å². The summed E-state index contributed by atoms with van der Waals surface area (Å²) in [7, 11) is 0. The maximum absolute atomic E-state index is 10.9. The molecular formula is C17H20O2S. The number of rotatable bonds is 7. The van der Waals surface area contributed by atoms with Crippen LogP contribution in [-0.2, 0) is 24.2 Å². The van der Waals surface area contributed by atoms with Gasteiger partial charge in [0.15, 0.2) is 0 Å². The van der Waals surface area contributed by atoms with Crippen LogP contribution in [-0.4, -0.2) is 5.78 Å². The van der Waals surface area contributed by atoms with E-state index < -0.39 is 0 Å². The van der Waals surface area contributed by atoms with E-state index in [1.807, 2.05) is 24.3 Å². The SMILES string of the molecule is CCc1ccc(COc2ccc(CCC(C)=O)cc2)s1. The lowest BCUT2D eigenvalue weighted by Crippen LogP contribution is -1.95. The van der Waals surface area contributed by atoms with Crippen molar-refractivity contribution < 1.29 is 9.53 Å². The summed E-state index contributed by atoms with van der Waals surface area (Å²) in [5.74, 6) is 1.11. The van der Waals surface area contributed by atoms with E-state index in [1.165, 1.54) is 15.3 Å². The fraction of sp³-hybridized carbons (Fsp3) is 0.353. The first-order valence-corrected chi connectivity index (χ1v) is 7.78. The van der Waals surface area contributed by atoms with Crippen LogP contribution in [0.25, 0.3) is 0 Å². The van der Waals surface area contributed by atoms with Crippen LogP contribution in [0, 0.1) is 0 Å². The Hall–Kier alpha value is -1.61. The highest BCUT2D eigenvalue weighted by molar-refractivity contribution is 7.11. The highest BCUT2D eigenvalue weighted by atomic mass is 32.1. The number of ether oxygens (including phenoxy) is 1. The molecule has 0 aliphatic heterocycles. The van der Waals surface area contributed by atoms with Crippen molar-refractivity contribution in [2.75, 3.05) is 0 Å². The summed E-state index contributed by atoms with van der Waals surface area (Å²) in [6.45, 7) is 4.41. The maximum Gasteiger partial charge on any atom is 0.130 e. The Kier molecular flexibility index (Phi) is 5.36. The third-order valence-electron chi connectivity index (χ3n) is 3.14. The van der Waals surface area contributed by atoms with E-state index in [4.69, 9.17) is 4.74 Å². The third kappa shape index (κ3) is 4.49. The Morgan fingerprint density at radius 3 is 2.40 bits per heavy atom. The van der Waals surface area contributed by atoms with Crippen molar-refractivity contribution in [2.24, 2.45) is 0 Å². The summed E-state index contributed by atoms with van der Waals surface area (Å²) in [6.07, 6.45) is 2.49. The molecule has 106 valence electrons. The largest absolute Gasteiger partial charge is 0.488 e. The third-order valence-corrected chi connectivity index (χ3v) is 4.34. The van der Waals surface area contributed by atoms with Crippen molar-refractivity contribution in [3.8, 4) is 5.75 Å². The Labute approximate surface area is 124 Å². The molecule has 20 heavy (non-hydrogen) atoms. The minimum absolute atomic E-state index is 0.231. The van der Waals surface area contributed by atoms with Gasteiger partial charge in [0.25, 0.3) is 0 Å². The minimum Gasteiger partial charge on any atom is -0.488 e. The number of Topliss-reactive ketones (excluding diaryl/α,β-unsaturated/α-hetero) is 1. The summed E-state index contributed by atoms with van der Waals surface area (Å²) in [4.78, 5) is 13.6. The molecular weight excluding hydrogens is 268 g/mol. The number of ketones is 1. The quantitative estimate of drug-likeness (QED) is 0.754. The maximum atomic E-state index is 10.9. The molecule has 0 N–H and O–H groups in total. The molecule has 2 rings (SSSR count). The first-order valence-electron chi connectivity index (χ1n) is 6.96. The highest BCUT2D eigenvalue weighted by Gasteiger charge is 2.01. The van der Waals surface area contributed by atoms with Gasteiger partial charge in [0.05, 0.1) is 0 Å². The van der Waals surface area contributed by atoms with Gasteiger partial charge in [-0.15, -0.1) is 11.3 Å². The Bertz CT molecular complexity index is 555. The fourth-order valence-corrected chi connectivity index (χ4v) is 2.79. The zero-order valence-corrected chi connectivity index (χ0v) is 12.8. The highest BCUT2D eigenvalue weighted by Crippen LogP contribution is 2.20. The van der Waals surface area contributed by atoms with Crippen LogP contribution in [0.15, 0.2) is 36.4 Å². The van der Waals surface area contributed by atoms with E-state index in [-0.39, 0.29) is 5.78 Å². The molecule has 0 unspecified atom stereocenters. The Morgan fingerprint density at radius 2 is 1.80 bits per heavy atom. The van der Waals surface area contributed by atoms with Gasteiger partial charge in [-0.3, -0.25) is 0 Å². The number of hydrogen-bond donors (Lipinski definition) is 0. The van der Waals surface area contributed by atoms with Gasteiger partial charge in [-0.2, -0.15) is 0 Å². The lowest BCUT2D eigenvalue weighted by molar-refractivity contribution is -0.116. The number of hydrogen-bond acceptors (Lipinski definition) is 3. The predicted octanol–water partition coefficient (Wildman–Crippen LogP) is 4.41. The van der Waals surface area contributed by atoms with E-state index in [0.29, 0.717) is 13.0 Å². The second kappa shape index (κ2) is 7.25. The zero-order valence-electron chi connectivity index (χ0n) is 12.0. The number of benzene rings is 1. The molecule has 3 heteroatoms. The standard InChI is InChI=1S/C17H20O2S/c1-3-16-10-11-17(20-16)12-19-15-8-6-14(7-9-15)5-4-13(2)18/h6-11H,3-5,12H2,1-2H3. The fourth-order valence-electron chi connectivity index (χ4n) is 1.92. The van der Waals surface area contributed by atoms with Crippen LogP contribution in [0.5, 0.6) is 5.75 Å². The molecule has 2 nitrogen and oxygen atoms in total. The van der Waals surface area contributed by atoms with Crippen molar-refractivity contribution in [2.45, 2.75) is 39.7 Å². The number of aryl methyl sites for hydroxylation is 2. The van der Waals surface area contributed by atoms with Crippen molar-refractivity contribution >= 4 is 17.1 Å². The zero-order chi connectivity index (χ0) is 14.4. The van der Waals surface area contributed by atoms with E-state index in [2.05, 4.69) is 19.1 Å². The minimum atomic E-state index is 0.231. The van der Waals surface area contributed by atoms with Crippen molar-refractivity contribution in [1.82, 2.24) is 0 Å². The lowest BCUT2D eigenvalue weighted by atomic mass is 10.1. The van der Waals surface area contributed by atoms with Gasteiger partial charge in [-0.05, 0) is 49.6 Å². The van der Waals surface area contributed by atoms with Crippen LogP contribution >= 0.6 is 11.3 Å². The average molecular weight is 288 g/mol. The number of carbonyl (C=O) groups is 1. The molecule has 1 heterocycles. The molecule has 0 saturated carbocycles. The van der Waals surface area contributed by atoms with Gasteiger partial charge in [0.2, 0.25) is 0 Å². The smallest absolute Gasteiger partial charge is 0.130 e. The average Bonchev–Trinajstić information content (AvgIpc) is 2.92. The molecule has 0 bridgehead atoms. The number of carbonyl (C=O) groups excluding carboxylic acids is 1. The first kappa shape index (κ1) is 14.8. The topological polar surface area (TPSA) is 26.3 Å². The summed E-state index contributed by atoms with van der Waals surface area (Å²) in [5.41, 5.74) is 1.18. The van der Waals surface area contributed by atoms with E-state index in [1.54, 1.807) is 18.3 Å². The van der Waals surface area contributed by atoms with Gasteiger partial charge in [-0.25, -0.2) is 0 Å². The summed E-state index contributed by atoms with van der Waals surface area (Å²) < 4.78 is 5.77. The Balaban J connectivity index is 1.85. The molecule has 1 aromatic carbocycles.